The quantitative estimate of drug-likeness (QED) is 0.707. The molecule has 0 fully saturated rings. The average Bonchev–Trinajstić information content (AvgIpc) is 2.25. The van der Waals surface area contributed by atoms with E-state index in [9.17, 15) is 4.79 Å². The summed E-state index contributed by atoms with van der Waals surface area (Å²) in [4.78, 5) is 15.8. The molecule has 1 atom stereocenters. The third-order valence-corrected chi connectivity index (χ3v) is 2.87. The molecule has 1 aromatic rings. The average molecular weight is 250 g/mol. The van der Waals surface area contributed by atoms with Crippen LogP contribution >= 0.6 is 0 Å². The Labute approximate surface area is 108 Å². The van der Waals surface area contributed by atoms with Crippen molar-refractivity contribution < 1.29 is 4.79 Å². The van der Waals surface area contributed by atoms with Gasteiger partial charge in [-0.25, -0.2) is 4.98 Å². The summed E-state index contributed by atoms with van der Waals surface area (Å²) in [6.45, 7) is 7.25. The van der Waals surface area contributed by atoms with Crippen molar-refractivity contribution >= 4 is 11.7 Å². The van der Waals surface area contributed by atoms with E-state index in [1.165, 1.54) is 0 Å². The summed E-state index contributed by atoms with van der Waals surface area (Å²) in [7, 11) is 0. The number of pyridine rings is 1. The standard InChI is InChI=1S/C13H22N4O/c1-8(4-5-14)7-16-13-11(12(15)18)9(2)6-10(3)17-13/h6,8H,4-5,7,14H2,1-3H3,(H2,15,18)(H,16,17). The number of carbonyl (C=O) groups excluding carboxylic acids is 1. The monoisotopic (exact) mass is 250 g/mol. The van der Waals surface area contributed by atoms with Gasteiger partial charge in [0.2, 0.25) is 0 Å². The molecule has 100 valence electrons. The van der Waals surface area contributed by atoms with Gasteiger partial charge in [-0.3, -0.25) is 4.79 Å². The number of carbonyl (C=O) groups is 1. The first-order valence-corrected chi connectivity index (χ1v) is 6.17. The van der Waals surface area contributed by atoms with Crippen LogP contribution in [-0.4, -0.2) is 24.0 Å². The maximum Gasteiger partial charge on any atom is 0.252 e. The molecule has 5 N–H and O–H groups in total. The zero-order chi connectivity index (χ0) is 13.7. The van der Waals surface area contributed by atoms with E-state index in [1.807, 2.05) is 19.9 Å². The number of aromatic nitrogens is 1. The van der Waals surface area contributed by atoms with Gasteiger partial charge in [-0.05, 0) is 44.4 Å². The maximum atomic E-state index is 11.4. The zero-order valence-corrected chi connectivity index (χ0v) is 11.3. The van der Waals surface area contributed by atoms with Crippen LogP contribution in [0.25, 0.3) is 0 Å². The van der Waals surface area contributed by atoms with Crippen molar-refractivity contribution in [2.75, 3.05) is 18.4 Å². The Hall–Kier alpha value is -1.62. The summed E-state index contributed by atoms with van der Waals surface area (Å²) in [6, 6.07) is 1.86. The molecule has 5 nitrogen and oxygen atoms in total. The molecule has 1 heterocycles. The summed E-state index contributed by atoms with van der Waals surface area (Å²) in [6.07, 6.45) is 0.934. The van der Waals surface area contributed by atoms with Gasteiger partial charge in [0.15, 0.2) is 0 Å². The molecule has 1 unspecified atom stereocenters. The maximum absolute atomic E-state index is 11.4. The van der Waals surface area contributed by atoms with Crippen molar-refractivity contribution in [3.05, 3.63) is 22.9 Å². The van der Waals surface area contributed by atoms with Crippen molar-refractivity contribution in [1.29, 1.82) is 0 Å². The van der Waals surface area contributed by atoms with Gasteiger partial charge in [0.25, 0.3) is 5.91 Å². The largest absolute Gasteiger partial charge is 0.369 e. The summed E-state index contributed by atoms with van der Waals surface area (Å²) in [5.74, 6) is 0.552. The number of nitrogens with zero attached hydrogens (tertiary/aromatic N) is 1. The van der Waals surface area contributed by atoms with Crippen LogP contribution in [0.3, 0.4) is 0 Å². The molecule has 0 aromatic carbocycles. The number of rotatable bonds is 6. The van der Waals surface area contributed by atoms with E-state index in [-0.39, 0.29) is 0 Å². The van der Waals surface area contributed by atoms with Gasteiger partial charge in [0.05, 0.1) is 5.56 Å². The van der Waals surface area contributed by atoms with Gasteiger partial charge in [0, 0.05) is 12.2 Å². The molecule has 0 spiro atoms. The Morgan fingerprint density at radius 1 is 1.50 bits per heavy atom. The van der Waals surface area contributed by atoms with E-state index >= 15 is 0 Å². The number of hydrogen-bond acceptors (Lipinski definition) is 4. The molecule has 0 radical (unpaired) electrons. The normalized spacial score (nSPS) is 12.2. The Morgan fingerprint density at radius 2 is 2.17 bits per heavy atom. The third kappa shape index (κ3) is 3.70. The molecular formula is C13H22N4O. The van der Waals surface area contributed by atoms with Crippen LogP contribution in [0.2, 0.25) is 0 Å². The number of aryl methyl sites for hydroxylation is 2. The third-order valence-electron chi connectivity index (χ3n) is 2.87. The lowest BCUT2D eigenvalue weighted by atomic mass is 10.1. The van der Waals surface area contributed by atoms with Gasteiger partial charge < -0.3 is 16.8 Å². The van der Waals surface area contributed by atoms with Gasteiger partial charge >= 0.3 is 0 Å². The van der Waals surface area contributed by atoms with Crippen LogP contribution in [0, 0.1) is 19.8 Å². The Morgan fingerprint density at radius 3 is 2.72 bits per heavy atom. The van der Waals surface area contributed by atoms with E-state index in [2.05, 4.69) is 17.2 Å². The molecular weight excluding hydrogens is 228 g/mol. The number of anilines is 1. The molecule has 0 bridgehead atoms. The summed E-state index contributed by atoms with van der Waals surface area (Å²) in [5, 5.41) is 3.19. The molecule has 0 saturated carbocycles. The predicted octanol–water partition coefficient (Wildman–Crippen LogP) is 1.19. The van der Waals surface area contributed by atoms with Crippen molar-refractivity contribution in [3.8, 4) is 0 Å². The number of nitrogens with two attached hydrogens (primary N) is 2. The van der Waals surface area contributed by atoms with Crippen LogP contribution in [-0.2, 0) is 0 Å². The molecule has 1 rings (SSSR count). The number of primary amides is 1. The zero-order valence-electron chi connectivity index (χ0n) is 11.3. The second kappa shape index (κ2) is 6.35. The van der Waals surface area contributed by atoms with Crippen LogP contribution in [0.1, 0.15) is 35.0 Å². The summed E-state index contributed by atoms with van der Waals surface area (Å²) >= 11 is 0. The van der Waals surface area contributed by atoms with Crippen molar-refractivity contribution in [2.45, 2.75) is 27.2 Å². The fourth-order valence-corrected chi connectivity index (χ4v) is 1.93. The minimum atomic E-state index is -0.450. The summed E-state index contributed by atoms with van der Waals surface area (Å²) in [5.41, 5.74) is 13.1. The van der Waals surface area contributed by atoms with Gasteiger partial charge in [-0.2, -0.15) is 0 Å². The van der Waals surface area contributed by atoms with Crippen LogP contribution in [0.5, 0.6) is 0 Å². The number of nitrogens with one attached hydrogen (secondary N) is 1. The molecule has 0 aliphatic heterocycles. The molecule has 1 aromatic heterocycles. The van der Waals surface area contributed by atoms with Gasteiger partial charge in [-0.1, -0.05) is 6.92 Å². The van der Waals surface area contributed by atoms with E-state index < -0.39 is 5.91 Å². The van der Waals surface area contributed by atoms with Crippen LogP contribution in [0.15, 0.2) is 6.07 Å². The second-order valence-electron chi connectivity index (χ2n) is 4.73. The Bertz CT molecular complexity index is 431. The molecule has 18 heavy (non-hydrogen) atoms. The minimum Gasteiger partial charge on any atom is -0.369 e. The molecule has 1 amide bonds. The first-order chi connectivity index (χ1) is 8.45. The Kier molecular flexibility index (Phi) is 5.09. The lowest BCUT2D eigenvalue weighted by molar-refractivity contribution is 0.1000. The van der Waals surface area contributed by atoms with E-state index in [4.69, 9.17) is 11.5 Å². The fourth-order valence-electron chi connectivity index (χ4n) is 1.93. The second-order valence-corrected chi connectivity index (χ2v) is 4.73. The van der Waals surface area contributed by atoms with Crippen molar-refractivity contribution in [2.24, 2.45) is 17.4 Å². The molecule has 0 aliphatic carbocycles. The number of hydrogen-bond donors (Lipinski definition) is 3. The van der Waals surface area contributed by atoms with Crippen LogP contribution < -0.4 is 16.8 Å². The van der Waals surface area contributed by atoms with Gasteiger partial charge in [-0.15, -0.1) is 0 Å². The highest BCUT2D eigenvalue weighted by molar-refractivity contribution is 5.99. The highest BCUT2D eigenvalue weighted by Gasteiger charge is 2.14. The lowest BCUT2D eigenvalue weighted by Crippen LogP contribution is -2.21. The smallest absolute Gasteiger partial charge is 0.252 e. The van der Waals surface area contributed by atoms with Crippen molar-refractivity contribution in [1.82, 2.24) is 4.98 Å². The highest BCUT2D eigenvalue weighted by atomic mass is 16.1. The van der Waals surface area contributed by atoms with Gasteiger partial charge in [0.1, 0.15) is 5.82 Å². The molecule has 0 saturated heterocycles. The molecule has 5 heteroatoms. The lowest BCUT2D eigenvalue weighted by Gasteiger charge is -2.15. The van der Waals surface area contributed by atoms with E-state index in [0.29, 0.717) is 23.8 Å². The fraction of sp³-hybridized carbons (Fsp3) is 0.538. The first kappa shape index (κ1) is 14.4. The highest BCUT2D eigenvalue weighted by Crippen LogP contribution is 2.18. The first-order valence-electron chi connectivity index (χ1n) is 6.17. The predicted molar refractivity (Wildman–Crippen MR) is 73.6 cm³/mol. The van der Waals surface area contributed by atoms with E-state index in [1.54, 1.807) is 0 Å². The topological polar surface area (TPSA) is 94.0 Å². The Balaban J connectivity index is 2.90. The van der Waals surface area contributed by atoms with E-state index in [0.717, 1.165) is 24.2 Å². The van der Waals surface area contributed by atoms with Crippen LogP contribution in [0.4, 0.5) is 5.82 Å². The number of amides is 1. The molecule has 0 aliphatic rings. The van der Waals surface area contributed by atoms with Crippen molar-refractivity contribution in [3.63, 3.8) is 0 Å². The SMILES string of the molecule is Cc1cc(C)c(C(N)=O)c(NCC(C)CCN)n1. The summed E-state index contributed by atoms with van der Waals surface area (Å²) < 4.78 is 0. The minimum absolute atomic E-state index is 0.429.